The monoisotopic (exact) mass is 398 g/mol. The van der Waals surface area contributed by atoms with Gasteiger partial charge in [-0.3, -0.25) is 9.78 Å². The van der Waals surface area contributed by atoms with Crippen molar-refractivity contribution >= 4 is 22.5 Å². The number of hydrazone groups is 1. The predicted octanol–water partition coefficient (Wildman–Crippen LogP) is 3.86. The van der Waals surface area contributed by atoms with Gasteiger partial charge in [0.25, 0.3) is 5.91 Å². The van der Waals surface area contributed by atoms with Gasteiger partial charge in [0, 0.05) is 35.0 Å². The van der Waals surface area contributed by atoms with E-state index in [0.717, 1.165) is 5.56 Å². The van der Waals surface area contributed by atoms with E-state index in [-0.39, 0.29) is 11.5 Å². The summed E-state index contributed by atoms with van der Waals surface area (Å²) in [6, 6.07) is 16.9. The molecule has 0 aliphatic heterocycles. The zero-order valence-corrected chi connectivity index (χ0v) is 16.1. The fraction of sp³-hybridized carbons (Fsp3) is 0.0435. The first-order chi connectivity index (χ1) is 14.5. The molecular formula is C23H18N4O3. The van der Waals surface area contributed by atoms with Gasteiger partial charge in [0.15, 0.2) is 0 Å². The maximum absolute atomic E-state index is 13.0. The van der Waals surface area contributed by atoms with Crippen LogP contribution in [0.3, 0.4) is 0 Å². The number of hydrogen-bond acceptors (Lipinski definition) is 6. The molecule has 30 heavy (non-hydrogen) atoms. The molecule has 7 heteroatoms. The Morgan fingerprint density at radius 2 is 1.83 bits per heavy atom. The Labute approximate surface area is 172 Å². The maximum atomic E-state index is 13.0. The molecule has 0 spiro atoms. The van der Waals surface area contributed by atoms with Crippen LogP contribution in [0.15, 0.2) is 78.2 Å². The number of phenolic OH excluding ortho intramolecular Hbond substituents is 2. The number of nitrogens with zero attached hydrogens (tertiary/aromatic N) is 3. The molecule has 1 amide bonds. The predicted molar refractivity (Wildman–Crippen MR) is 114 cm³/mol. The van der Waals surface area contributed by atoms with Crippen LogP contribution in [0.1, 0.15) is 22.8 Å². The number of rotatable bonds is 4. The van der Waals surface area contributed by atoms with E-state index in [1.807, 2.05) is 36.4 Å². The molecule has 2 aromatic heterocycles. The normalized spacial score (nSPS) is 11.4. The number of carbonyl (C=O) groups excluding carboxylic acids is 1. The van der Waals surface area contributed by atoms with Crippen molar-refractivity contribution in [2.45, 2.75) is 6.92 Å². The molecule has 0 bridgehead atoms. The second-order valence-electron chi connectivity index (χ2n) is 6.65. The van der Waals surface area contributed by atoms with E-state index in [1.54, 1.807) is 25.4 Å². The van der Waals surface area contributed by atoms with Gasteiger partial charge >= 0.3 is 0 Å². The smallest absolute Gasteiger partial charge is 0.272 e. The zero-order valence-electron chi connectivity index (χ0n) is 16.1. The van der Waals surface area contributed by atoms with Crippen LogP contribution in [0.2, 0.25) is 0 Å². The van der Waals surface area contributed by atoms with E-state index < -0.39 is 5.91 Å². The molecule has 2 heterocycles. The Kier molecular flexibility index (Phi) is 5.09. The topological polar surface area (TPSA) is 108 Å². The van der Waals surface area contributed by atoms with Crippen LogP contribution in [0.25, 0.3) is 22.2 Å². The van der Waals surface area contributed by atoms with Gasteiger partial charge in [-0.25, -0.2) is 10.4 Å². The summed E-state index contributed by atoms with van der Waals surface area (Å²) in [7, 11) is 0. The van der Waals surface area contributed by atoms with Crippen molar-refractivity contribution in [3.63, 3.8) is 0 Å². The highest BCUT2D eigenvalue weighted by molar-refractivity contribution is 6.08. The number of fused-ring (bicyclic) bond motifs is 1. The number of pyridine rings is 2. The summed E-state index contributed by atoms with van der Waals surface area (Å²) in [4.78, 5) is 21.7. The first-order valence-electron chi connectivity index (χ1n) is 9.20. The van der Waals surface area contributed by atoms with E-state index in [2.05, 4.69) is 20.5 Å². The minimum Gasteiger partial charge on any atom is -0.508 e. The SMILES string of the molecule is C/C(=N/NC(=O)c1cc(-c2cccnc2)nc2ccccc12)c1ccc(O)cc1O. The van der Waals surface area contributed by atoms with Gasteiger partial charge in [-0.1, -0.05) is 18.2 Å². The number of phenols is 2. The number of amides is 1. The Bertz CT molecular complexity index is 1270. The van der Waals surface area contributed by atoms with Crippen LogP contribution in [-0.4, -0.2) is 31.8 Å². The zero-order chi connectivity index (χ0) is 21.1. The number of aromatic nitrogens is 2. The Morgan fingerprint density at radius 1 is 1.00 bits per heavy atom. The molecule has 0 aliphatic carbocycles. The van der Waals surface area contributed by atoms with E-state index >= 15 is 0 Å². The largest absolute Gasteiger partial charge is 0.508 e. The van der Waals surface area contributed by atoms with Gasteiger partial charge in [0.05, 0.1) is 22.5 Å². The second kappa shape index (κ2) is 8.00. The van der Waals surface area contributed by atoms with Gasteiger partial charge in [-0.2, -0.15) is 5.10 Å². The molecule has 0 saturated heterocycles. The molecule has 0 saturated carbocycles. The first kappa shape index (κ1) is 19.1. The molecule has 0 aliphatic rings. The molecular weight excluding hydrogens is 380 g/mol. The molecule has 4 rings (SSSR count). The highest BCUT2D eigenvalue weighted by Crippen LogP contribution is 2.25. The van der Waals surface area contributed by atoms with Gasteiger partial charge in [-0.05, 0) is 43.3 Å². The minimum atomic E-state index is -0.406. The average Bonchev–Trinajstić information content (AvgIpc) is 2.77. The van der Waals surface area contributed by atoms with Crippen LogP contribution in [0.5, 0.6) is 11.5 Å². The number of aromatic hydroxyl groups is 2. The lowest BCUT2D eigenvalue weighted by Gasteiger charge is -2.09. The van der Waals surface area contributed by atoms with Crippen molar-refractivity contribution < 1.29 is 15.0 Å². The van der Waals surface area contributed by atoms with Gasteiger partial charge < -0.3 is 10.2 Å². The van der Waals surface area contributed by atoms with E-state index in [9.17, 15) is 15.0 Å². The quantitative estimate of drug-likeness (QED) is 0.357. The fourth-order valence-corrected chi connectivity index (χ4v) is 3.11. The molecule has 148 valence electrons. The lowest BCUT2D eigenvalue weighted by Crippen LogP contribution is -2.20. The number of hydrogen-bond donors (Lipinski definition) is 3. The summed E-state index contributed by atoms with van der Waals surface area (Å²) < 4.78 is 0. The van der Waals surface area contributed by atoms with Gasteiger partial charge in [0.1, 0.15) is 11.5 Å². The summed E-state index contributed by atoms with van der Waals surface area (Å²) in [5.74, 6) is -0.589. The lowest BCUT2D eigenvalue weighted by atomic mass is 10.0. The third-order valence-electron chi connectivity index (χ3n) is 4.61. The molecule has 4 aromatic rings. The molecule has 0 unspecified atom stereocenters. The number of benzene rings is 2. The van der Waals surface area contributed by atoms with Crippen molar-refractivity contribution in [2.75, 3.05) is 0 Å². The standard InChI is InChI=1S/C23H18N4O3/c1-14(17-9-8-16(28)11-22(17)29)26-27-23(30)19-12-21(15-5-4-10-24-13-15)25-20-7-3-2-6-18(19)20/h2-13,28-29H,1H3,(H,27,30)/b26-14-. The summed E-state index contributed by atoms with van der Waals surface area (Å²) >= 11 is 0. The highest BCUT2D eigenvalue weighted by Gasteiger charge is 2.14. The molecule has 2 aromatic carbocycles. The number of carbonyl (C=O) groups is 1. The Hall–Kier alpha value is -4.26. The van der Waals surface area contributed by atoms with Crippen molar-refractivity contribution in [3.05, 3.63) is 84.2 Å². The van der Waals surface area contributed by atoms with Crippen LogP contribution in [-0.2, 0) is 0 Å². The van der Waals surface area contributed by atoms with Crippen molar-refractivity contribution in [3.8, 4) is 22.8 Å². The van der Waals surface area contributed by atoms with E-state index in [0.29, 0.717) is 33.4 Å². The average molecular weight is 398 g/mol. The molecule has 3 N–H and O–H groups in total. The Morgan fingerprint density at radius 3 is 2.60 bits per heavy atom. The third kappa shape index (κ3) is 3.81. The molecule has 0 atom stereocenters. The van der Waals surface area contributed by atoms with Gasteiger partial charge in [-0.15, -0.1) is 0 Å². The first-order valence-corrected chi connectivity index (χ1v) is 9.20. The summed E-state index contributed by atoms with van der Waals surface area (Å²) in [5, 5.41) is 24.2. The molecule has 0 radical (unpaired) electrons. The maximum Gasteiger partial charge on any atom is 0.272 e. The van der Waals surface area contributed by atoms with E-state index in [4.69, 9.17) is 0 Å². The fourth-order valence-electron chi connectivity index (χ4n) is 3.11. The van der Waals surface area contributed by atoms with E-state index in [1.165, 1.54) is 18.2 Å². The number of para-hydroxylation sites is 1. The number of nitrogens with one attached hydrogen (secondary N) is 1. The van der Waals surface area contributed by atoms with Crippen molar-refractivity contribution in [2.24, 2.45) is 5.10 Å². The second-order valence-corrected chi connectivity index (χ2v) is 6.65. The van der Waals surface area contributed by atoms with Crippen LogP contribution < -0.4 is 5.43 Å². The summed E-state index contributed by atoms with van der Waals surface area (Å²) in [6.45, 7) is 1.65. The van der Waals surface area contributed by atoms with Crippen LogP contribution in [0, 0.1) is 0 Å². The summed E-state index contributed by atoms with van der Waals surface area (Å²) in [6.07, 6.45) is 3.36. The highest BCUT2D eigenvalue weighted by atomic mass is 16.3. The lowest BCUT2D eigenvalue weighted by molar-refractivity contribution is 0.0956. The molecule has 0 fully saturated rings. The van der Waals surface area contributed by atoms with Crippen LogP contribution >= 0.6 is 0 Å². The summed E-state index contributed by atoms with van der Waals surface area (Å²) in [5.41, 5.74) is 5.87. The Balaban J connectivity index is 1.70. The van der Waals surface area contributed by atoms with Crippen molar-refractivity contribution in [1.29, 1.82) is 0 Å². The van der Waals surface area contributed by atoms with Gasteiger partial charge in [0.2, 0.25) is 0 Å². The molecule has 7 nitrogen and oxygen atoms in total. The minimum absolute atomic E-state index is 0.0562. The van der Waals surface area contributed by atoms with Crippen molar-refractivity contribution in [1.82, 2.24) is 15.4 Å². The van der Waals surface area contributed by atoms with Crippen LogP contribution in [0.4, 0.5) is 0 Å². The third-order valence-corrected chi connectivity index (χ3v) is 4.61.